The Kier molecular flexibility index (Phi) is 5.32. The Morgan fingerprint density at radius 2 is 1.65 bits per heavy atom. The molecule has 1 aromatic carbocycles. The second-order valence-electron chi connectivity index (χ2n) is 10.7. The van der Waals surface area contributed by atoms with E-state index in [4.69, 9.17) is 9.40 Å². The van der Waals surface area contributed by atoms with Gasteiger partial charge in [0.2, 0.25) is 0 Å². The van der Waals surface area contributed by atoms with E-state index in [0.717, 1.165) is 39.9 Å². The quantitative estimate of drug-likeness (QED) is 0.282. The summed E-state index contributed by atoms with van der Waals surface area (Å²) in [7, 11) is 0. The number of furan rings is 1. The van der Waals surface area contributed by atoms with Gasteiger partial charge in [-0.15, -0.1) is 5.10 Å². The highest BCUT2D eigenvalue weighted by atomic mass is 79.9. The number of anilines is 2. The van der Waals surface area contributed by atoms with Gasteiger partial charge in [0.05, 0.1) is 12.5 Å². The van der Waals surface area contributed by atoms with Gasteiger partial charge in [-0.2, -0.15) is 0 Å². The first kappa shape index (κ1) is 23.1. The summed E-state index contributed by atoms with van der Waals surface area (Å²) in [6.07, 6.45) is 8.33. The van der Waals surface area contributed by atoms with Crippen LogP contribution in [0.3, 0.4) is 0 Å². The third kappa shape index (κ3) is 4.28. The first-order chi connectivity index (χ1) is 17.9. The summed E-state index contributed by atoms with van der Waals surface area (Å²) in [4.78, 5) is 9.14. The van der Waals surface area contributed by atoms with E-state index < -0.39 is 5.92 Å². The Morgan fingerprint density at radius 3 is 2.41 bits per heavy atom. The molecule has 37 heavy (non-hydrogen) atoms. The van der Waals surface area contributed by atoms with Gasteiger partial charge in [0, 0.05) is 60.1 Å². The molecule has 0 atom stereocenters. The minimum atomic E-state index is -2.63. The van der Waals surface area contributed by atoms with Crippen LogP contribution in [0.25, 0.3) is 28.0 Å². The van der Waals surface area contributed by atoms with Crippen LogP contribution in [0, 0.1) is 5.41 Å². The van der Waals surface area contributed by atoms with Crippen LogP contribution in [0.2, 0.25) is 0 Å². The third-order valence-corrected chi connectivity index (χ3v) is 8.78. The summed E-state index contributed by atoms with van der Waals surface area (Å²) < 4.78 is 36.0. The molecular weight excluding hydrogens is 542 g/mol. The van der Waals surface area contributed by atoms with Gasteiger partial charge in [-0.25, -0.2) is 18.4 Å². The predicted molar refractivity (Wildman–Crippen MR) is 142 cm³/mol. The largest absolute Gasteiger partial charge is 0.460 e. The smallest absolute Gasteiger partial charge is 0.251 e. The van der Waals surface area contributed by atoms with Crippen molar-refractivity contribution in [3.63, 3.8) is 0 Å². The minimum Gasteiger partial charge on any atom is -0.460 e. The number of pyridine rings is 1. The fraction of sp³-hybridized carbons (Fsp3) is 0.444. The van der Waals surface area contributed by atoms with Gasteiger partial charge in [0.1, 0.15) is 5.69 Å². The number of fused-ring (bicyclic) bond motifs is 1. The number of hydrogen-bond acceptors (Lipinski definition) is 6. The summed E-state index contributed by atoms with van der Waals surface area (Å²) in [5, 5.41) is 9.77. The molecule has 0 N–H and O–H groups in total. The lowest BCUT2D eigenvalue weighted by Crippen LogP contribution is -2.39. The Hall–Kier alpha value is -3.01. The zero-order valence-corrected chi connectivity index (χ0v) is 21.9. The van der Waals surface area contributed by atoms with Crippen molar-refractivity contribution < 1.29 is 13.2 Å². The van der Waals surface area contributed by atoms with E-state index in [1.165, 1.54) is 25.7 Å². The van der Waals surface area contributed by atoms with E-state index >= 15 is 0 Å². The minimum absolute atomic E-state index is 0.196. The normalized spacial score (nSPS) is 20.6. The number of halogens is 3. The second-order valence-corrected chi connectivity index (χ2v) is 11.6. The van der Waals surface area contributed by atoms with Crippen LogP contribution in [0.4, 0.5) is 20.3 Å². The average molecular weight is 569 g/mol. The van der Waals surface area contributed by atoms with Crippen molar-refractivity contribution in [2.24, 2.45) is 5.41 Å². The van der Waals surface area contributed by atoms with Crippen molar-refractivity contribution in [2.75, 3.05) is 36.0 Å². The Labute approximate surface area is 221 Å². The number of benzene rings is 1. The lowest BCUT2D eigenvalue weighted by Gasteiger charge is -2.35. The van der Waals surface area contributed by atoms with Gasteiger partial charge < -0.3 is 14.2 Å². The molecule has 3 aliphatic rings. The molecule has 2 aliphatic heterocycles. The third-order valence-electron chi connectivity index (χ3n) is 8.28. The van der Waals surface area contributed by atoms with E-state index in [-0.39, 0.29) is 25.9 Å². The molecule has 0 radical (unpaired) electrons. The van der Waals surface area contributed by atoms with Crippen molar-refractivity contribution in [2.45, 2.75) is 44.4 Å². The van der Waals surface area contributed by atoms with Crippen LogP contribution >= 0.6 is 15.9 Å². The highest BCUT2D eigenvalue weighted by Gasteiger charge is 2.44. The molecule has 3 fully saturated rings. The molecule has 0 unspecified atom stereocenters. The fourth-order valence-electron chi connectivity index (χ4n) is 5.70. The number of rotatable bonds is 4. The molecule has 4 aromatic rings. The molecular formula is C27H27BrF2N6O. The maximum absolute atomic E-state index is 13.8. The highest BCUT2D eigenvalue weighted by molar-refractivity contribution is 9.10. The zero-order valence-electron chi connectivity index (χ0n) is 20.3. The van der Waals surface area contributed by atoms with E-state index in [2.05, 4.69) is 43.3 Å². The number of alkyl halides is 2. The van der Waals surface area contributed by atoms with Crippen LogP contribution in [0.15, 0.2) is 51.7 Å². The monoisotopic (exact) mass is 568 g/mol. The molecule has 1 saturated carbocycles. The SMILES string of the molecule is FC1(F)CCN(c2nc(-n3cc(-c4ccc(Br)cc4N4CCC5(CC4)CC5)nn3)cc3ccoc23)CC1. The highest BCUT2D eigenvalue weighted by Crippen LogP contribution is 2.54. The zero-order chi connectivity index (χ0) is 25.2. The number of nitrogens with zero attached hydrogens (tertiary/aromatic N) is 6. The standard InChI is InChI=1S/C27H27BrF2N6O/c28-19-1-2-20(22(16-19)34-10-6-26(4-5-26)7-11-34)21-17-36(33-32-21)23-15-18-3-14-37-24(18)25(31-23)35-12-8-27(29,30)9-13-35/h1-3,14-17H,4-13H2. The lowest BCUT2D eigenvalue weighted by atomic mass is 9.93. The van der Waals surface area contributed by atoms with Gasteiger partial charge in [-0.1, -0.05) is 21.1 Å². The molecule has 7 rings (SSSR count). The molecule has 7 nitrogen and oxygen atoms in total. The number of aromatic nitrogens is 4. The second kappa shape index (κ2) is 8.51. The molecule has 1 spiro atoms. The molecule has 0 bridgehead atoms. The van der Waals surface area contributed by atoms with Crippen LogP contribution < -0.4 is 9.80 Å². The predicted octanol–water partition coefficient (Wildman–Crippen LogP) is 6.45. The van der Waals surface area contributed by atoms with E-state index in [1.54, 1.807) is 10.9 Å². The molecule has 1 aliphatic carbocycles. The van der Waals surface area contributed by atoms with E-state index in [0.29, 0.717) is 22.6 Å². The molecule has 10 heteroatoms. The maximum atomic E-state index is 13.8. The summed E-state index contributed by atoms with van der Waals surface area (Å²) in [5.41, 5.74) is 4.16. The average Bonchev–Trinajstić information content (AvgIpc) is 3.27. The first-order valence-corrected chi connectivity index (χ1v) is 13.7. The summed E-state index contributed by atoms with van der Waals surface area (Å²) in [6, 6.07) is 10.0. The lowest BCUT2D eigenvalue weighted by molar-refractivity contribution is -0.0221. The van der Waals surface area contributed by atoms with Crippen molar-refractivity contribution in [3.05, 3.63) is 47.3 Å². The Balaban J connectivity index is 1.22. The fourth-order valence-corrected chi connectivity index (χ4v) is 6.05. The molecule has 5 heterocycles. The van der Waals surface area contributed by atoms with Crippen molar-refractivity contribution in [1.29, 1.82) is 0 Å². The van der Waals surface area contributed by atoms with Crippen LogP contribution in [0.5, 0.6) is 0 Å². The Morgan fingerprint density at radius 1 is 0.892 bits per heavy atom. The van der Waals surface area contributed by atoms with Gasteiger partial charge in [-0.3, -0.25) is 0 Å². The molecule has 2 saturated heterocycles. The summed E-state index contributed by atoms with van der Waals surface area (Å²) in [5.74, 6) is -1.49. The maximum Gasteiger partial charge on any atom is 0.251 e. The van der Waals surface area contributed by atoms with Crippen molar-refractivity contribution >= 4 is 38.4 Å². The summed E-state index contributed by atoms with van der Waals surface area (Å²) in [6.45, 7) is 2.55. The van der Waals surface area contributed by atoms with Gasteiger partial charge in [0.15, 0.2) is 17.2 Å². The van der Waals surface area contributed by atoms with Crippen LogP contribution in [0.1, 0.15) is 38.5 Å². The summed E-state index contributed by atoms with van der Waals surface area (Å²) >= 11 is 3.65. The van der Waals surface area contributed by atoms with Gasteiger partial charge in [-0.05, 0) is 61.4 Å². The van der Waals surface area contributed by atoms with Gasteiger partial charge >= 0.3 is 0 Å². The van der Waals surface area contributed by atoms with E-state index in [1.807, 2.05) is 29.3 Å². The van der Waals surface area contributed by atoms with Crippen LogP contribution in [-0.2, 0) is 0 Å². The number of piperidine rings is 2. The Bertz CT molecular complexity index is 1460. The molecule has 3 aromatic heterocycles. The molecule has 0 amide bonds. The van der Waals surface area contributed by atoms with Gasteiger partial charge in [0.25, 0.3) is 5.92 Å². The van der Waals surface area contributed by atoms with E-state index in [9.17, 15) is 8.78 Å². The first-order valence-electron chi connectivity index (χ1n) is 12.9. The topological polar surface area (TPSA) is 63.2 Å². The van der Waals surface area contributed by atoms with Crippen molar-refractivity contribution in [1.82, 2.24) is 20.0 Å². The van der Waals surface area contributed by atoms with Crippen molar-refractivity contribution in [3.8, 4) is 17.1 Å². The number of hydrogen-bond donors (Lipinski definition) is 0. The molecule has 192 valence electrons. The van der Waals surface area contributed by atoms with Crippen LogP contribution in [-0.4, -0.2) is 52.1 Å².